The summed E-state index contributed by atoms with van der Waals surface area (Å²) in [7, 11) is -0.571. The lowest BCUT2D eigenvalue weighted by atomic mass is 10.2. The van der Waals surface area contributed by atoms with Crippen molar-refractivity contribution in [3.8, 4) is 0 Å². The van der Waals surface area contributed by atoms with Crippen molar-refractivity contribution in [3.05, 3.63) is 29.8 Å². The molecule has 0 aliphatic heterocycles. The zero-order valence-corrected chi connectivity index (χ0v) is 15.8. The highest BCUT2D eigenvalue weighted by Crippen LogP contribution is 2.23. The van der Waals surface area contributed by atoms with Crippen molar-refractivity contribution < 1.29 is 27.9 Å². The molecule has 0 aromatic heterocycles. The lowest BCUT2D eigenvalue weighted by molar-refractivity contribution is 0.0608. The van der Waals surface area contributed by atoms with Gasteiger partial charge in [-0.15, -0.1) is 0 Å². The first-order valence-corrected chi connectivity index (χ1v) is 9.18. The van der Waals surface area contributed by atoms with Gasteiger partial charge < -0.3 is 14.7 Å². The third-order valence-electron chi connectivity index (χ3n) is 2.98. The first-order chi connectivity index (χ1) is 11.3. The monoisotopic (exact) mass is 372 g/mol. The van der Waals surface area contributed by atoms with Gasteiger partial charge in [-0.2, -0.15) is 4.31 Å². The van der Waals surface area contributed by atoms with E-state index in [1.54, 1.807) is 39.8 Å². The third kappa shape index (κ3) is 6.35. The first-order valence-electron chi connectivity index (χ1n) is 7.57. The summed E-state index contributed by atoms with van der Waals surface area (Å²) in [6, 6.07) is 4.99. The van der Waals surface area contributed by atoms with Crippen LogP contribution in [0.15, 0.2) is 24.3 Å². The molecular weight excluding hydrogens is 348 g/mol. The highest BCUT2D eigenvalue weighted by atomic mass is 32.2. The Hall–Kier alpha value is -2.13. The van der Waals surface area contributed by atoms with Gasteiger partial charge in [0.05, 0.1) is 17.0 Å². The Bertz CT molecular complexity index is 720. The third-order valence-corrected chi connectivity index (χ3v) is 4.60. The van der Waals surface area contributed by atoms with Gasteiger partial charge in [-0.1, -0.05) is 0 Å². The maximum atomic E-state index is 12.7. The number of carbonyl (C=O) groups is 2. The topological polar surface area (TPSA) is 104 Å². The van der Waals surface area contributed by atoms with Crippen LogP contribution in [-0.2, 0) is 14.8 Å². The van der Waals surface area contributed by atoms with E-state index in [0.29, 0.717) is 4.31 Å². The summed E-state index contributed by atoms with van der Waals surface area (Å²) in [5.74, 6) is -1.44. The van der Waals surface area contributed by atoms with E-state index in [4.69, 9.17) is 9.84 Å². The van der Waals surface area contributed by atoms with Crippen LogP contribution >= 0.6 is 0 Å². The number of sulfonamides is 1. The van der Waals surface area contributed by atoms with E-state index in [-0.39, 0.29) is 23.5 Å². The fourth-order valence-electron chi connectivity index (χ4n) is 1.81. The number of hydrogen-bond acceptors (Lipinski definition) is 6. The Morgan fingerprint density at radius 2 is 1.64 bits per heavy atom. The van der Waals surface area contributed by atoms with E-state index >= 15 is 0 Å². The van der Waals surface area contributed by atoms with Gasteiger partial charge in [0, 0.05) is 6.54 Å². The van der Waals surface area contributed by atoms with Crippen molar-refractivity contribution in [1.29, 1.82) is 0 Å². The van der Waals surface area contributed by atoms with Crippen LogP contribution in [0.5, 0.6) is 0 Å². The maximum Gasteiger partial charge on any atom is 0.428 e. The van der Waals surface area contributed by atoms with E-state index in [1.807, 2.05) is 0 Å². The number of carbonyl (C=O) groups excluding carboxylic acids is 1. The predicted octanol–water partition coefficient (Wildman–Crippen LogP) is 2.02. The highest BCUT2D eigenvalue weighted by Gasteiger charge is 2.33. The molecule has 1 N–H and O–H groups in total. The second-order valence-electron chi connectivity index (χ2n) is 6.72. The summed E-state index contributed by atoms with van der Waals surface area (Å²) in [4.78, 5) is 25.1. The molecule has 0 aliphatic carbocycles. The minimum absolute atomic E-state index is 0.0152. The first kappa shape index (κ1) is 20.9. The molecule has 0 aliphatic rings. The molecule has 0 radical (unpaired) electrons. The molecule has 1 amide bonds. The quantitative estimate of drug-likeness (QED) is 0.814. The Balaban J connectivity index is 3.27. The second-order valence-corrected chi connectivity index (χ2v) is 8.65. The van der Waals surface area contributed by atoms with Crippen LogP contribution in [0.4, 0.5) is 10.5 Å². The molecule has 0 saturated heterocycles. The number of carboxylic acids is 1. The molecule has 140 valence electrons. The number of rotatable bonds is 6. The van der Waals surface area contributed by atoms with Crippen LogP contribution in [0.1, 0.15) is 31.1 Å². The summed E-state index contributed by atoms with van der Waals surface area (Å²) in [6.07, 6.45) is -1.03. The van der Waals surface area contributed by atoms with Crippen LogP contribution in [-0.4, -0.2) is 62.5 Å². The molecule has 1 rings (SSSR count). The fraction of sp³-hybridized carbons (Fsp3) is 0.500. The SMILES string of the molecule is CN(C)CCS(=O)(=O)N(C(=O)OC(C)(C)C)c1ccc(C(=O)O)cc1. The van der Waals surface area contributed by atoms with Gasteiger partial charge in [0.2, 0.25) is 10.0 Å². The number of carboxylic acid groups (broad SMARTS) is 1. The average Bonchev–Trinajstić information content (AvgIpc) is 2.43. The van der Waals surface area contributed by atoms with Gasteiger partial charge >= 0.3 is 12.1 Å². The standard InChI is InChI=1S/C16H24N2O6S/c1-16(2,3)24-15(21)18(25(22,23)11-10-17(4)5)13-8-6-12(7-9-13)14(19)20/h6-9H,10-11H2,1-5H3,(H,19,20). The normalized spacial score (nSPS) is 12.1. The lowest BCUT2D eigenvalue weighted by Crippen LogP contribution is -2.43. The van der Waals surface area contributed by atoms with E-state index in [1.165, 1.54) is 24.3 Å². The van der Waals surface area contributed by atoms with Gasteiger partial charge in [-0.25, -0.2) is 18.0 Å². The molecule has 1 aromatic rings. The molecule has 0 atom stereocenters. The number of amides is 1. The van der Waals surface area contributed by atoms with Crippen LogP contribution in [0.3, 0.4) is 0 Å². The summed E-state index contributed by atoms with van der Waals surface area (Å²) >= 11 is 0. The molecule has 8 nitrogen and oxygen atoms in total. The number of benzene rings is 1. The minimum atomic E-state index is -4.01. The van der Waals surface area contributed by atoms with Crippen molar-refractivity contribution in [3.63, 3.8) is 0 Å². The van der Waals surface area contributed by atoms with E-state index in [2.05, 4.69) is 0 Å². The average molecular weight is 372 g/mol. The van der Waals surface area contributed by atoms with Crippen molar-refractivity contribution >= 4 is 27.8 Å². The largest absolute Gasteiger partial charge is 0.478 e. The van der Waals surface area contributed by atoms with E-state index in [0.717, 1.165) is 0 Å². The molecule has 25 heavy (non-hydrogen) atoms. The molecule has 9 heteroatoms. The van der Waals surface area contributed by atoms with Gasteiger partial charge in [-0.3, -0.25) is 0 Å². The van der Waals surface area contributed by atoms with Gasteiger partial charge in [0.1, 0.15) is 5.60 Å². The van der Waals surface area contributed by atoms with Crippen molar-refractivity contribution in [2.45, 2.75) is 26.4 Å². The predicted molar refractivity (Wildman–Crippen MR) is 94.5 cm³/mol. The van der Waals surface area contributed by atoms with Crippen LogP contribution in [0, 0.1) is 0 Å². The Morgan fingerprint density at radius 3 is 2.04 bits per heavy atom. The van der Waals surface area contributed by atoms with Crippen LogP contribution in [0.2, 0.25) is 0 Å². The summed E-state index contributed by atoms with van der Waals surface area (Å²) < 4.78 is 31.1. The maximum absolute atomic E-state index is 12.7. The Morgan fingerprint density at radius 1 is 1.12 bits per heavy atom. The molecule has 0 bridgehead atoms. The van der Waals surface area contributed by atoms with E-state index < -0.39 is 27.7 Å². The van der Waals surface area contributed by atoms with E-state index in [9.17, 15) is 18.0 Å². The zero-order chi connectivity index (χ0) is 19.4. The fourth-order valence-corrected chi connectivity index (χ4v) is 3.30. The number of ether oxygens (including phenoxy) is 1. The minimum Gasteiger partial charge on any atom is -0.478 e. The molecule has 0 spiro atoms. The van der Waals surface area contributed by atoms with Crippen LogP contribution in [0.25, 0.3) is 0 Å². The van der Waals surface area contributed by atoms with Gasteiger partial charge in [0.15, 0.2) is 0 Å². The summed E-state index contributed by atoms with van der Waals surface area (Å²) in [5.41, 5.74) is -0.871. The molecule has 0 saturated carbocycles. The highest BCUT2D eigenvalue weighted by molar-refractivity contribution is 7.93. The smallest absolute Gasteiger partial charge is 0.428 e. The molecular formula is C16H24N2O6S. The van der Waals surface area contributed by atoms with Crippen molar-refractivity contribution in [2.75, 3.05) is 30.7 Å². The summed E-state index contributed by atoms with van der Waals surface area (Å²) in [6.45, 7) is 5.10. The molecule has 0 unspecified atom stereocenters. The Kier molecular flexibility index (Phi) is 6.55. The lowest BCUT2D eigenvalue weighted by Gasteiger charge is -2.27. The number of nitrogens with zero attached hydrogens (tertiary/aromatic N) is 2. The molecule has 1 aromatic carbocycles. The van der Waals surface area contributed by atoms with Gasteiger partial charge in [-0.05, 0) is 59.1 Å². The molecule has 0 heterocycles. The second kappa shape index (κ2) is 7.83. The van der Waals surface area contributed by atoms with Crippen molar-refractivity contribution in [1.82, 2.24) is 4.90 Å². The Labute approximate surface area is 148 Å². The number of anilines is 1. The number of aromatic carboxylic acids is 1. The zero-order valence-electron chi connectivity index (χ0n) is 15.0. The summed E-state index contributed by atoms with van der Waals surface area (Å²) in [5, 5.41) is 8.95. The molecule has 0 fully saturated rings. The van der Waals surface area contributed by atoms with Gasteiger partial charge in [0.25, 0.3) is 0 Å². The number of hydrogen-bond donors (Lipinski definition) is 1. The van der Waals surface area contributed by atoms with Crippen molar-refractivity contribution in [2.24, 2.45) is 0 Å². The van der Waals surface area contributed by atoms with Crippen LogP contribution < -0.4 is 4.31 Å².